The summed E-state index contributed by atoms with van der Waals surface area (Å²) in [5.74, 6) is 0. The van der Waals surface area contributed by atoms with Gasteiger partial charge in [-0.05, 0) is 32.4 Å². The van der Waals surface area contributed by atoms with E-state index in [0.29, 0.717) is 13.1 Å². The average molecular weight is 104 g/mol. The lowest BCUT2D eigenvalue weighted by Crippen LogP contribution is -2.17. The van der Waals surface area contributed by atoms with Crippen LogP contribution in [0.5, 0.6) is 0 Å². The van der Waals surface area contributed by atoms with Gasteiger partial charge in [-0.15, -0.1) is 0 Å². The minimum absolute atomic E-state index is 0.561. The molecule has 42 valence electrons. The summed E-state index contributed by atoms with van der Waals surface area (Å²) in [5, 5.41) is 0. The summed E-state index contributed by atoms with van der Waals surface area (Å²) in [7, 11) is 0. The highest BCUT2D eigenvalue weighted by Crippen LogP contribution is 2.04. The van der Waals surface area contributed by atoms with Gasteiger partial charge in [-0.3, -0.25) is 0 Å². The van der Waals surface area contributed by atoms with Gasteiger partial charge in [0, 0.05) is 6.85 Å². The standard InChI is InChI=1S/C6H13N/c1-2-7-5-3-4-6-7/h2-6H2,1H3/i1D3,2D2. The van der Waals surface area contributed by atoms with Crippen LogP contribution in [0.15, 0.2) is 0 Å². The molecule has 0 atom stereocenters. The van der Waals surface area contributed by atoms with Crippen LogP contribution in [0.1, 0.15) is 26.5 Å². The molecule has 1 heterocycles. The monoisotopic (exact) mass is 104 g/mol. The van der Waals surface area contributed by atoms with Crippen LogP contribution in [0.3, 0.4) is 0 Å². The molecule has 0 saturated carbocycles. The Hall–Kier alpha value is -0.0400. The van der Waals surface area contributed by atoms with Crippen LogP contribution in [-0.4, -0.2) is 24.5 Å². The highest BCUT2D eigenvalue weighted by Gasteiger charge is 2.06. The molecule has 1 saturated heterocycles. The summed E-state index contributed by atoms with van der Waals surface area (Å²) in [6.45, 7) is -3.56. The molecule has 0 aromatic carbocycles. The predicted molar refractivity (Wildman–Crippen MR) is 31.3 cm³/mol. The smallest absolute Gasteiger partial charge is 0.0428 e. The third-order valence-electron chi connectivity index (χ3n) is 1.26. The number of nitrogens with zero attached hydrogens (tertiary/aromatic N) is 1. The van der Waals surface area contributed by atoms with Gasteiger partial charge in [0.05, 0.1) is 0 Å². The Bertz CT molecular complexity index is 158. The largest absolute Gasteiger partial charge is 0.304 e. The van der Waals surface area contributed by atoms with Gasteiger partial charge >= 0.3 is 0 Å². The molecular formula is C6H13N. The molecule has 0 aromatic rings. The molecule has 1 aliphatic heterocycles. The molecule has 0 aromatic heterocycles. The normalized spacial score (nSPS) is 38.0. The lowest BCUT2D eigenvalue weighted by atomic mass is 10.4. The van der Waals surface area contributed by atoms with Gasteiger partial charge < -0.3 is 4.90 Å². The van der Waals surface area contributed by atoms with E-state index in [-0.39, 0.29) is 0 Å². The molecule has 0 spiro atoms. The summed E-state index contributed by atoms with van der Waals surface area (Å²) in [4.78, 5) is 1.40. The molecule has 0 bridgehead atoms. The fourth-order valence-electron chi connectivity index (χ4n) is 0.829. The molecule has 0 radical (unpaired) electrons. The van der Waals surface area contributed by atoms with Gasteiger partial charge in [-0.1, -0.05) is 6.85 Å². The molecular weight excluding hydrogens is 86.1 g/mol. The van der Waals surface area contributed by atoms with Crippen LogP contribution >= 0.6 is 0 Å². The van der Waals surface area contributed by atoms with Crippen LogP contribution < -0.4 is 0 Å². The van der Waals surface area contributed by atoms with Crippen molar-refractivity contribution in [2.24, 2.45) is 0 Å². The maximum absolute atomic E-state index is 7.40. The second-order valence-corrected chi connectivity index (χ2v) is 1.81. The fourth-order valence-corrected chi connectivity index (χ4v) is 0.829. The van der Waals surface area contributed by atoms with Crippen molar-refractivity contribution in [3.05, 3.63) is 0 Å². The fraction of sp³-hybridized carbons (Fsp3) is 1.00. The van der Waals surface area contributed by atoms with Gasteiger partial charge in [0.1, 0.15) is 0 Å². The Kier molecular flexibility index (Phi) is 0.571. The van der Waals surface area contributed by atoms with Crippen LogP contribution in [-0.2, 0) is 0 Å². The second kappa shape index (κ2) is 2.31. The lowest BCUT2D eigenvalue weighted by molar-refractivity contribution is 0.359. The third-order valence-corrected chi connectivity index (χ3v) is 1.26. The van der Waals surface area contributed by atoms with E-state index in [9.17, 15) is 0 Å². The Balaban J connectivity index is 2.69. The second-order valence-electron chi connectivity index (χ2n) is 1.81. The van der Waals surface area contributed by atoms with E-state index in [4.69, 9.17) is 6.85 Å². The first kappa shape index (κ1) is 1.73. The van der Waals surface area contributed by atoms with Crippen LogP contribution in [0.4, 0.5) is 0 Å². The van der Waals surface area contributed by atoms with E-state index in [0.717, 1.165) is 12.8 Å². The van der Waals surface area contributed by atoms with E-state index in [1.54, 1.807) is 0 Å². The van der Waals surface area contributed by atoms with Crippen molar-refractivity contribution >= 4 is 0 Å². The minimum Gasteiger partial charge on any atom is -0.304 e. The van der Waals surface area contributed by atoms with Crippen molar-refractivity contribution < 1.29 is 6.85 Å². The Morgan fingerprint density at radius 1 is 1.71 bits per heavy atom. The van der Waals surface area contributed by atoms with E-state index in [2.05, 4.69) is 0 Å². The summed E-state index contributed by atoms with van der Waals surface area (Å²) >= 11 is 0. The van der Waals surface area contributed by atoms with Crippen LogP contribution in [0.2, 0.25) is 0 Å². The zero-order valence-electron chi connectivity index (χ0n) is 9.28. The SMILES string of the molecule is [2H]C([2H])([2H])C([2H])([2H])N1CCCC1. The molecule has 1 nitrogen and oxygen atoms in total. The van der Waals surface area contributed by atoms with Crippen molar-refractivity contribution in [2.75, 3.05) is 19.6 Å². The summed E-state index contributed by atoms with van der Waals surface area (Å²) < 4.78 is 35.9. The Morgan fingerprint density at radius 2 is 2.43 bits per heavy atom. The first-order valence-corrected chi connectivity index (χ1v) is 2.61. The van der Waals surface area contributed by atoms with E-state index < -0.39 is 13.3 Å². The van der Waals surface area contributed by atoms with Gasteiger partial charge in [0.15, 0.2) is 0 Å². The highest BCUT2D eigenvalue weighted by atomic mass is 15.1. The molecule has 0 aliphatic carbocycles. The van der Waals surface area contributed by atoms with Gasteiger partial charge in [-0.25, -0.2) is 0 Å². The van der Waals surface area contributed by atoms with E-state index >= 15 is 0 Å². The molecule has 0 amide bonds. The van der Waals surface area contributed by atoms with Crippen molar-refractivity contribution in [3.63, 3.8) is 0 Å². The predicted octanol–water partition coefficient (Wildman–Crippen LogP) is 1.10. The van der Waals surface area contributed by atoms with Gasteiger partial charge in [0.25, 0.3) is 0 Å². The zero-order chi connectivity index (χ0) is 9.41. The first-order valence-electron chi connectivity index (χ1n) is 5.11. The van der Waals surface area contributed by atoms with Gasteiger partial charge in [0.2, 0.25) is 0 Å². The number of hydrogen-bond donors (Lipinski definition) is 0. The van der Waals surface area contributed by atoms with Crippen molar-refractivity contribution in [2.45, 2.75) is 19.7 Å². The molecule has 1 aliphatic rings. The van der Waals surface area contributed by atoms with Crippen LogP contribution in [0, 0.1) is 0 Å². The number of hydrogen-bond acceptors (Lipinski definition) is 1. The average Bonchev–Trinajstić information content (AvgIpc) is 2.34. The molecule has 1 rings (SSSR count). The minimum atomic E-state index is -2.53. The third kappa shape index (κ3) is 1.16. The summed E-state index contributed by atoms with van der Waals surface area (Å²) in [6.07, 6.45) is 1.80. The van der Waals surface area contributed by atoms with Crippen molar-refractivity contribution in [1.82, 2.24) is 4.90 Å². The molecule has 0 unspecified atom stereocenters. The summed E-state index contributed by atoms with van der Waals surface area (Å²) in [6, 6.07) is 0. The maximum Gasteiger partial charge on any atom is 0.0428 e. The molecule has 7 heavy (non-hydrogen) atoms. The van der Waals surface area contributed by atoms with Crippen LogP contribution in [0.25, 0.3) is 0 Å². The van der Waals surface area contributed by atoms with Crippen molar-refractivity contribution in [1.29, 1.82) is 0 Å². The molecule has 1 heteroatoms. The number of rotatable bonds is 1. The van der Waals surface area contributed by atoms with E-state index in [1.807, 2.05) is 0 Å². The topological polar surface area (TPSA) is 3.24 Å². The summed E-state index contributed by atoms with van der Waals surface area (Å²) in [5.41, 5.74) is 0. The quantitative estimate of drug-likeness (QED) is 0.481. The van der Waals surface area contributed by atoms with E-state index in [1.165, 1.54) is 4.90 Å². The maximum atomic E-state index is 7.40. The lowest BCUT2D eigenvalue weighted by Gasteiger charge is -2.08. The first-order chi connectivity index (χ1) is 5.36. The zero-order valence-corrected chi connectivity index (χ0v) is 4.28. The highest BCUT2D eigenvalue weighted by molar-refractivity contribution is 4.62. The van der Waals surface area contributed by atoms with Crippen molar-refractivity contribution in [3.8, 4) is 0 Å². The molecule has 1 fully saturated rings. The Labute approximate surface area is 52.3 Å². The number of likely N-dealkylation sites (tertiary alicyclic amines) is 1. The Morgan fingerprint density at radius 3 is 3.00 bits per heavy atom. The van der Waals surface area contributed by atoms with Gasteiger partial charge in [-0.2, -0.15) is 0 Å². The molecule has 0 N–H and O–H groups in total.